The van der Waals surface area contributed by atoms with Gasteiger partial charge in [-0.15, -0.1) is 11.3 Å². The monoisotopic (exact) mass is 358 g/mol. The van der Waals surface area contributed by atoms with Crippen LogP contribution in [0.1, 0.15) is 21.5 Å². The number of nitrogens with zero attached hydrogens (tertiary/aromatic N) is 1. The molecule has 0 atom stereocenters. The van der Waals surface area contributed by atoms with E-state index in [4.69, 9.17) is 17.0 Å². The molecule has 0 spiro atoms. The second kappa shape index (κ2) is 5.69. The van der Waals surface area contributed by atoms with E-state index in [0.29, 0.717) is 34.3 Å². The number of thiazole rings is 1. The highest BCUT2D eigenvalue weighted by Crippen LogP contribution is 2.33. The van der Waals surface area contributed by atoms with Gasteiger partial charge in [0.25, 0.3) is 11.5 Å². The first-order chi connectivity index (χ1) is 11.6. The topological polar surface area (TPSA) is 99.9 Å². The number of hydrogen-bond donors (Lipinski definition) is 3. The molecule has 1 aliphatic rings. The summed E-state index contributed by atoms with van der Waals surface area (Å²) in [5.74, 6) is 0.667. The van der Waals surface area contributed by atoms with E-state index in [1.165, 1.54) is 11.3 Å². The van der Waals surface area contributed by atoms with E-state index in [0.717, 1.165) is 5.56 Å². The van der Waals surface area contributed by atoms with E-state index in [9.17, 15) is 9.59 Å². The number of aromatic nitrogens is 3. The average molecular weight is 358 g/mol. The van der Waals surface area contributed by atoms with Gasteiger partial charge in [-0.05, 0) is 30.4 Å². The molecule has 0 fully saturated rings. The third-order valence-electron chi connectivity index (χ3n) is 3.56. The van der Waals surface area contributed by atoms with Gasteiger partial charge in [-0.2, -0.15) is 0 Å². The zero-order chi connectivity index (χ0) is 16.7. The molecule has 7 nitrogen and oxygen atoms in total. The minimum absolute atomic E-state index is 0.210. The van der Waals surface area contributed by atoms with Crippen molar-refractivity contribution in [2.45, 2.75) is 6.42 Å². The van der Waals surface area contributed by atoms with Gasteiger partial charge in [-0.25, -0.2) is 4.98 Å². The van der Waals surface area contributed by atoms with Crippen LogP contribution in [0.25, 0.3) is 0 Å². The van der Waals surface area contributed by atoms with E-state index >= 15 is 0 Å². The molecular weight excluding hydrogens is 348 g/mol. The molecule has 0 saturated carbocycles. The van der Waals surface area contributed by atoms with Crippen LogP contribution < -0.4 is 15.6 Å². The highest BCUT2D eigenvalue weighted by Gasteiger charge is 2.22. The van der Waals surface area contributed by atoms with Crippen molar-refractivity contribution in [1.29, 1.82) is 0 Å². The molecule has 120 valence electrons. The van der Waals surface area contributed by atoms with E-state index in [-0.39, 0.29) is 16.2 Å². The molecule has 0 unspecified atom stereocenters. The largest absolute Gasteiger partial charge is 0.440 e. The van der Waals surface area contributed by atoms with Crippen molar-refractivity contribution in [3.05, 3.63) is 61.6 Å². The maximum absolute atomic E-state index is 12.3. The smallest absolute Gasteiger partial charge is 0.259 e. The van der Waals surface area contributed by atoms with Crippen molar-refractivity contribution in [1.82, 2.24) is 15.0 Å². The molecule has 0 aliphatic carbocycles. The third-order valence-corrected chi connectivity index (χ3v) is 4.45. The number of carbonyl (C=O) groups excluding carboxylic acids is 1. The van der Waals surface area contributed by atoms with Gasteiger partial charge in [0.2, 0.25) is 5.88 Å². The van der Waals surface area contributed by atoms with Crippen molar-refractivity contribution >= 4 is 34.6 Å². The molecule has 9 heteroatoms. The van der Waals surface area contributed by atoms with E-state index in [1.54, 1.807) is 29.8 Å². The third kappa shape index (κ3) is 2.63. The summed E-state index contributed by atoms with van der Waals surface area (Å²) in [7, 11) is 0. The number of rotatable bonds is 2. The lowest BCUT2D eigenvalue weighted by Crippen LogP contribution is -2.20. The van der Waals surface area contributed by atoms with Crippen LogP contribution in [0.4, 0.5) is 5.13 Å². The maximum atomic E-state index is 12.3. The van der Waals surface area contributed by atoms with Crippen molar-refractivity contribution < 1.29 is 9.53 Å². The van der Waals surface area contributed by atoms with Crippen LogP contribution in [0.2, 0.25) is 0 Å². The van der Waals surface area contributed by atoms with Crippen LogP contribution in [-0.4, -0.2) is 20.9 Å². The van der Waals surface area contributed by atoms with Crippen molar-refractivity contribution in [2.24, 2.45) is 0 Å². The lowest BCUT2D eigenvalue weighted by Gasteiger charge is -2.19. The Bertz CT molecular complexity index is 1050. The summed E-state index contributed by atoms with van der Waals surface area (Å²) >= 11 is 6.29. The number of carbonyl (C=O) groups is 1. The molecule has 1 aliphatic heterocycles. The van der Waals surface area contributed by atoms with Gasteiger partial charge in [0.15, 0.2) is 9.90 Å². The summed E-state index contributed by atoms with van der Waals surface area (Å²) in [4.78, 5) is 33.7. The molecule has 0 bridgehead atoms. The number of ether oxygens (including phenoxy) is 1. The van der Waals surface area contributed by atoms with Gasteiger partial charge in [-0.3, -0.25) is 19.9 Å². The number of nitrogens with one attached hydrogen (secondary N) is 3. The van der Waals surface area contributed by atoms with Crippen LogP contribution in [0.5, 0.6) is 11.6 Å². The molecule has 3 N–H and O–H groups in total. The molecule has 0 saturated heterocycles. The van der Waals surface area contributed by atoms with Gasteiger partial charge >= 0.3 is 0 Å². The Morgan fingerprint density at radius 2 is 2.25 bits per heavy atom. The summed E-state index contributed by atoms with van der Waals surface area (Å²) in [5, 5.41) is 5.03. The first-order valence-corrected chi connectivity index (χ1v) is 8.26. The fourth-order valence-electron chi connectivity index (χ4n) is 2.45. The minimum atomic E-state index is -0.294. The molecular formula is C15H10N4O3S2. The molecule has 4 rings (SSSR count). The number of H-pyrrole nitrogens is 2. The van der Waals surface area contributed by atoms with Crippen LogP contribution in [0, 0.1) is 4.77 Å². The Morgan fingerprint density at radius 3 is 3.04 bits per heavy atom. The molecule has 1 amide bonds. The zero-order valence-corrected chi connectivity index (χ0v) is 13.7. The van der Waals surface area contributed by atoms with Gasteiger partial charge in [-0.1, -0.05) is 0 Å². The van der Waals surface area contributed by atoms with Gasteiger partial charge in [0.1, 0.15) is 5.75 Å². The Labute approximate surface area is 144 Å². The Kier molecular flexibility index (Phi) is 3.51. The highest BCUT2D eigenvalue weighted by atomic mass is 32.1. The fraction of sp³-hybridized carbons (Fsp3) is 0.0667. The Morgan fingerprint density at radius 1 is 1.38 bits per heavy atom. The highest BCUT2D eigenvalue weighted by molar-refractivity contribution is 7.71. The maximum Gasteiger partial charge on any atom is 0.259 e. The number of hydrogen-bond acceptors (Lipinski definition) is 6. The minimum Gasteiger partial charge on any atom is -0.440 e. The molecule has 24 heavy (non-hydrogen) atoms. The van der Waals surface area contributed by atoms with E-state index in [2.05, 4.69) is 20.3 Å². The van der Waals surface area contributed by atoms with Crippen molar-refractivity contribution in [3.8, 4) is 11.6 Å². The Hall–Kier alpha value is -2.78. The first kappa shape index (κ1) is 14.8. The summed E-state index contributed by atoms with van der Waals surface area (Å²) in [6, 6.07) is 5.07. The molecule has 2 aromatic heterocycles. The quantitative estimate of drug-likeness (QED) is 0.479. The van der Waals surface area contributed by atoms with Crippen LogP contribution in [0.3, 0.4) is 0 Å². The summed E-state index contributed by atoms with van der Waals surface area (Å²) in [5.41, 5.74) is 1.38. The van der Waals surface area contributed by atoms with Crippen LogP contribution in [0.15, 0.2) is 34.6 Å². The summed E-state index contributed by atoms with van der Waals surface area (Å²) in [6.45, 7) is 0. The summed E-state index contributed by atoms with van der Waals surface area (Å²) < 4.78 is 5.91. The number of fused-ring (bicyclic) bond motifs is 2. The zero-order valence-electron chi connectivity index (χ0n) is 12.1. The molecule has 0 radical (unpaired) electrons. The second-order valence-corrected chi connectivity index (χ2v) is 6.41. The molecule has 1 aromatic carbocycles. The predicted octanol–water partition coefficient (Wildman–Crippen LogP) is 2.84. The van der Waals surface area contributed by atoms with Gasteiger partial charge in [0.05, 0.1) is 5.56 Å². The number of aromatic amines is 2. The lowest BCUT2D eigenvalue weighted by molar-refractivity contribution is 0.102. The number of anilines is 1. The first-order valence-electron chi connectivity index (χ1n) is 6.97. The normalized spacial score (nSPS) is 12.0. The van der Waals surface area contributed by atoms with E-state index in [1.807, 2.05) is 0 Å². The van der Waals surface area contributed by atoms with Crippen LogP contribution in [-0.2, 0) is 6.42 Å². The van der Waals surface area contributed by atoms with Gasteiger partial charge < -0.3 is 9.72 Å². The SMILES string of the molecule is O=C(Nc1nccs1)c1ccc2c(c1)Cc1c([nH]c(=S)[nH]c1=O)O2. The van der Waals surface area contributed by atoms with E-state index < -0.39 is 0 Å². The average Bonchev–Trinajstić information content (AvgIpc) is 3.05. The van der Waals surface area contributed by atoms with Crippen molar-refractivity contribution in [3.63, 3.8) is 0 Å². The van der Waals surface area contributed by atoms with Crippen molar-refractivity contribution in [2.75, 3.05) is 5.32 Å². The Balaban J connectivity index is 1.66. The van der Waals surface area contributed by atoms with Gasteiger partial charge in [0, 0.05) is 29.1 Å². The lowest BCUT2D eigenvalue weighted by atomic mass is 10.0. The number of amides is 1. The van der Waals surface area contributed by atoms with Crippen LogP contribution >= 0.6 is 23.6 Å². The fourth-order valence-corrected chi connectivity index (χ4v) is 3.16. The molecule has 3 aromatic rings. The predicted molar refractivity (Wildman–Crippen MR) is 91.6 cm³/mol. The molecule has 3 heterocycles. The summed E-state index contributed by atoms with van der Waals surface area (Å²) in [6.07, 6.45) is 1.97. The number of benzene rings is 1. The standard InChI is InChI=1S/C15H10N4O3S2/c20-11(18-15-16-3-4-24-15)7-1-2-10-8(5-7)6-9-12(21)17-14(23)19-13(9)22-10/h1-5H,6H2,(H,16,18,20)(H2,17,19,21,23). The second-order valence-electron chi connectivity index (χ2n) is 5.11.